The molecule has 28 heavy (non-hydrogen) atoms. The third-order valence-corrected chi connectivity index (χ3v) is 5.06. The van der Waals surface area contributed by atoms with Gasteiger partial charge in [-0.05, 0) is 25.7 Å². The predicted octanol–water partition coefficient (Wildman–Crippen LogP) is 1.26. The van der Waals surface area contributed by atoms with Crippen LogP contribution in [0.5, 0.6) is 0 Å². The average Bonchev–Trinajstić information content (AvgIpc) is 3.38. The third kappa shape index (κ3) is 3.60. The SMILES string of the molecule is COCCOC1CCC(n2cnc3nc(-n4ccnc4)nc(C(N)=O)c32)CC1. The Labute approximate surface area is 161 Å². The summed E-state index contributed by atoms with van der Waals surface area (Å²) in [5.41, 5.74) is 6.83. The number of imidazole rings is 2. The van der Waals surface area contributed by atoms with Gasteiger partial charge in [-0.1, -0.05) is 0 Å². The molecule has 0 spiro atoms. The number of nitrogens with zero attached hydrogens (tertiary/aromatic N) is 6. The molecule has 0 atom stereocenters. The summed E-state index contributed by atoms with van der Waals surface area (Å²) in [6, 6.07) is 0.202. The Bertz CT molecular complexity index is 946. The number of hydrogen-bond acceptors (Lipinski definition) is 7. The zero-order valence-electron chi connectivity index (χ0n) is 15.7. The van der Waals surface area contributed by atoms with Gasteiger partial charge >= 0.3 is 0 Å². The first-order valence-corrected chi connectivity index (χ1v) is 9.30. The molecule has 148 valence electrons. The lowest BCUT2D eigenvalue weighted by atomic mass is 9.92. The number of carbonyl (C=O) groups excluding carboxylic acids is 1. The van der Waals surface area contributed by atoms with Crippen LogP contribution < -0.4 is 5.73 Å². The van der Waals surface area contributed by atoms with Crippen LogP contribution in [-0.4, -0.2) is 61.4 Å². The fourth-order valence-electron chi connectivity index (χ4n) is 3.66. The summed E-state index contributed by atoms with van der Waals surface area (Å²) in [4.78, 5) is 29.3. The van der Waals surface area contributed by atoms with Crippen LogP contribution in [0.25, 0.3) is 17.1 Å². The molecule has 1 aliphatic carbocycles. The number of hydrogen-bond donors (Lipinski definition) is 1. The fourth-order valence-corrected chi connectivity index (χ4v) is 3.66. The molecule has 0 bridgehead atoms. The summed E-state index contributed by atoms with van der Waals surface area (Å²) < 4.78 is 14.5. The van der Waals surface area contributed by atoms with Crippen molar-refractivity contribution in [3.8, 4) is 5.95 Å². The van der Waals surface area contributed by atoms with Crippen molar-refractivity contribution < 1.29 is 14.3 Å². The van der Waals surface area contributed by atoms with E-state index in [9.17, 15) is 4.79 Å². The van der Waals surface area contributed by atoms with Gasteiger partial charge in [0, 0.05) is 25.5 Å². The number of rotatable bonds is 7. The third-order valence-electron chi connectivity index (χ3n) is 5.06. The monoisotopic (exact) mass is 385 g/mol. The average molecular weight is 385 g/mol. The number of aromatic nitrogens is 6. The molecule has 0 aliphatic heterocycles. The van der Waals surface area contributed by atoms with E-state index >= 15 is 0 Å². The first-order valence-electron chi connectivity index (χ1n) is 9.30. The minimum Gasteiger partial charge on any atom is -0.382 e. The molecule has 0 aromatic carbocycles. The number of carbonyl (C=O) groups is 1. The van der Waals surface area contributed by atoms with Gasteiger partial charge in [0.1, 0.15) is 11.8 Å². The highest BCUT2D eigenvalue weighted by molar-refractivity contribution is 6.01. The van der Waals surface area contributed by atoms with E-state index in [4.69, 9.17) is 15.2 Å². The van der Waals surface area contributed by atoms with Crippen molar-refractivity contribution in [3.05, 3.63) is 30.7 Å². The van der Waals surface area contributed by atoms with Crippen LogP contribution in [0.3, 0.4) is 0 Å². The van der Waals surface area contributed by atoms with E-state index in [0.717, 1.165) is 25.7 Å². The Kier molecular flexibility index (Phi) is 5.31. The number of ether oxygens (including phenoxy) is 2. The minimum atomic E-state index is -0.605. The summed E-state index contributed by atoms with van der Waals surface area (Å²) in [6.07, 6.45) is 10.6. The molecule has 1 aliphatic rings. The summed E-state index contributed by atoms with van der Waals surface area (Å²) in [7, 11) is 1.67. The van der Waals surface area contributed by atoms with Gasteiger partial charge < -0.3 is 19.8 Å². The normalized spacial score (nSPS) is 19.9. The van der Waals surface area contributed by atoms with Gasteiger partial charge in [-0.25, -0.2) is 15.0 Å². The molecule has 3 aromatic heterocycles. The maximum Gasteiger partial charge on any atom is 0.269 e. The van der Waals surface area contributed by atoms with Gasteiger partial charge in [0.05, 0.1) is 25.6 Å². The van der Waals surface area contributed by atoms with Crippen molar-refractivity contribution in [2.75, 3.05) is 20.3 Å². The Morgan fingerprint density at radius 2 is 2.04 bits per heavy atom. The first-order chi connectivity index (χ1) is 13.7. The molecule has 4 rings (SSSR count). The van der Waals surface area contributed by atoms with E-state index in [1.54, 1.807) is 36.7 Å². The quantitative estimate of drug-likeness (QED) is 0.607. The minimum absolute atomic E-state index is 0.171. The molecular formula is C18H23N7O3. The number of primary amides is 1. The molecule has 0 saturated heterocycles. The summed E-state index contributed by atoms with van der Waals surface area (Å²) in [6.45, 7) is 1.21. The van der Waals surface area contributed by atoms with E-state index in [0.29, 0.717) is 30.3 Å². The molecule has 2 N–H and O–H groups in total. The van der Waals surface area contributed by atoms with E-state index in [-0.39, 0.29) is 17.8 Å². The van der Waals surface area contributed by atoms with Crippen molar-refractivity contribution in [2.24, 2.45) is 5.73 Å². The second-order valence-electron chi connectivity index (χ2n) is 6.82. The Morgan fingerprint density at radius 3 is 2.71 bits per heavy atom. The molecule has 3 heterocycles. The number of amides is 1. The lowest BCUT2D eigenvalue weighted by Gasteiger charge is -2.29. The van der Waals surface area contributed by atoms with Crippen LogP contribution in [0.15, 0.2) is 25.0 Å². The lowest BCUT2D eigenvalue weighted by Crippen LogP contribution is -2.25. The summed E-state index contributed by atoms with van der Waals surface area (Å²) in [5.74, 6) is -0.286. The smallest absolute Gasteiger partial charge is 0.269 e. The van der Waals surface area contributed by atoms with Gasteiger partial charge in [-0.2, -0.15) is 4.98 Å². The molecule has 0 unspecified atom stereocenters. The second-order valence-corrected chi connectivity index (χ2v) is 6.82. The molecule has 3 aromatic rings. The zero-order valence-corrected chi connectivity index (χ0v) is 15.7. The summed E-state index contributed by atoms with van der Waals surface area (Å²) in [5, 5.41) is 0. The topological polar surface area (TPSA) is 123 Å². The highest BCUT2D eigenvalue weighted by Crippen LogP contribution is 2.32. The van der Waals surface area contributed by atoms with Crippen molar-refractivity contribution >= 4 is 17.1 Å². The molecule has 1 saturated carbocycles. The Morgan fingerprint density at radius 1 is 1.21 bits per heavy atom. The maximum atomic E-state index is 12.1. The highest BCUT2D eigenvalue weighted by atomic mass is 16.5. The molecule has 1 fully saturated rings. The van der Waals surface area contributed by atoms with Crippen LogP contribution in [-0.2, 0) is 9.47 Å². The van der Waals surface area contributed by atoms with Gasteiger partial charge in [0.25, 0.3) is 5.91 Å². The lowest BCUT2D eigenvalue weighted by molar-refractivity contribution is -0.00623. The van der Waals surface area contributed by atoms with Crippen molar-refractivity contribution in [3.63, 3.8) is 0 Å². The van der Waals surface area contributed by atoms with Crippen LogP contribution in [0.4, 0.5) is 0 Å². The zero-order chi connectivity index (χ0) is 19.5. The van der Waals surface area contributed by atoms with Crippen molar-refractivity contribution in [1.29, 1.82) is 0 Å². The Hall–Kier alpha value is -2.85. The van der Waals surface area contributed by atoms with Gasteiger partial charge in [0.2, 0.25) is 5.95 Å². The van der Waals surface area contributed by atoms with Crippen LogP contribution in [0.1, 0.15) is 42.2 Å². The van der Waals surface area contributed by atoms with Crippen molar-refractivity contribution in [1.82, 2.24) is 29.1 Å². The standard InChI is InChI=1S/C18H23N7O3/c1-27-8-9-28-13-4-2-12(3-5-13)25-11-21-17-15(25)14(16(19)26)22-18(23-17)24-7-6-20-10-24/h6-7,10-13H,2-5,8-9H2,1H3,(H2,19,26). The van der Waals surface area contributed by atoms with E-state index in [1.165, 1.54) is 0 Å². The largest absolute Gasteiger partial charge is 0.382 e. The number of methoxy groups -OCH3 is 1. The van der Waals surface area contributed by atoms with Gasteiger partial charge in [-0.15, -0.1) is 0 Å². The first kappa shape index (κ1) is 18.5. The highest BCUT2D eigenvalue weighted by Gasteiger charge is 2.26. The van der Waals surface area contributed by atoms with E-state index in [1.807, 2.05) is 4.57 Å². The molecule has 0 radical (unpaired) electrons. The fraction of sp³-hybridized carbons (Fsp3) is 0.500. The predicted molar refractivity (Wildman–Crippen MR) is 100 cm³/mol. The van der Waals surface area contributed by atoms with E-state index < -0.39 is 5.91 Å². The molecule has 1 amide bonds. The number of nitrogens with two attached hydrogens (primary N) is 1. The van der Waals surface area contributed by atoms with Crippen LogP contribution in [0, 0.1) is 0 Å². The molecule has 10 nitrogen and oxygen atoms in total. The molecule has 10 heteroatoms. The summed E-state index contributed by atoms with van der Waals surface area (Å²) >= 11 is 0. The Balaban J connectivity index is 1.60. The maximum absolute atomic E-state index is 12.1. The van der Waals surface area contributed by atoms with E-state index in [2.05, 4.69) is 19.9 Å². The van der Waals surface area contributed by atoms with Gasteiger partial charge in [-0.3, -0.25) is 9.36 Å². The molecular weight excluding hydrogens is 362 g/mol. The van der Waals surface area contributed by atoms with Gasteiger partial charge in [0.15, 0.2) is 11.3 Å². The van der Waals surface area contributed by atoms with Crippen molar-refractivity contribution in [2.45, 2.75) is 37.8 Å². The number of fused-ring (bicyclic) bond motifs is 1. The van der Waals surface area contributed by atoms with Crippen LogP contribution >= 0.6 is 0 Å². The second kappa shape index (κ2) is 8.03. The van der Waals surface area contributed by atoms with Crippen LogP contribution in [0.2, 0.25) is 0 Å².